The molecule has 2 heterocycles. The Kier molecular flexibility index (Phi) is 3.18. The molecule has 2 atom stereocenters. The number of nitrogens with one attached hydrogen (secondary N) is 1. The van der Waals surface area contributed by atoms with Gasteiger partial charge in [-0.2, -0.15) is 4.52 Å². The highest BCUT2D eigenvalue weighted by Crippen LogP contribution is 2.24. The molecule has 0 bridgehead atoms. The average Bonchev–Trinajstić information content (AvgIpc) is 2.92. The molecule has 0 aliphatic heterocycles. The maximum absolute atomic E-state index is 10.2. The first-order valence-electron chi connectivity index (χ1n) is 7.79. The fourth-order valence-electron chi connectivity index (χ4n) is 3.20. The first kappa shape index (κ1) is 13.5. The van der Waals surface area contributed by atoms with E-state index in [0.29, 0.717) is 11.8 Å². The van der Waals surface area contributed by atoms with Crippen molar-refractivity contribution in [3.63, 3.8) is 0 Å². The molecule has 114 valence electrons. The largest absolute Gasteiger partial charge is 0.391 e. The van der Waals surface area contributed by atoms with Crippen LogP contribution in [-0.4, -0.2) is 36.8 Å². The number of aliphatic hydroxyl groups excluding tert-OH is 1. The number of hydrogen-bond donors (Lipinski definition) is 2. The molecule has 1 aromatic carbocycles. The van der Waals surface area contributed by atoms with Crippen LogP contribution >= 0.6 is 0 Å². The first-order chi connectivity index (χ1) is 10.7. The van der Waals surface area contributed by atoms with Crippen molar-refractivity contribution in [2.24, 2.45) is 0 Å². The molecule has 0 saturated heterocycles. The molecule has 1 aliphatic rings. The van der Waals surface area contributed by atoms with E-state index in [9.17, 15) is 5.11 Å². The second-order valence-electron chi connectivity index (χ2n) is 5.95. The summed E-state index contributed by atoms with van der Waals surface area (Å²) in [4.78, 5) is 9.21. The summed E-state index contributed by atoms with van der Waals surface area (Å²) < 4.78 is 1.75. The minimum Gasteiger partial charge on any atom is -0.391 e. The van der Waals surface area contributed by atoms with Crippen LogP contribution < -0.4 is 5.32 Å². The maximum Gasteiger partial charge on any atom is 0.226 e. The summed E-state index contributed by atoms with van der Waals surface area (Å²) in [6, 6.07) is 7.95. The van der Waals surface area contributed by atoms with Crippen LogP contribution in [0.15, 0.2) is 24.3 Å². The summed E-state index contributed by atoms with van der Waals surface area (Å²) in [5.74, 6) is 1.37. The molecule has 6 nitrogen and oxygen atoms in total. The zero-order valence-corrected chi connectivity index (χ0v) is 12.5. The molecule has 1 aliphatic carbocycles. The van der Waals surface area contributed by atoms with Gasteiger partial charge in [-0.05, 0) is 31.9 Å². The van der Waals surface area contributed by atoms with Crippen LogP contribution in [0.1, 0.15) is 31.5 Å². The number of fused-ring (bicyclic) bond motifs is 3. The molecule has 6 heteroatoms. The van der Waals surface area contributed by atoms with E-state index in [2.05, 4.69) is 20.4 Å². The smallest absolute Gasteiger partial charge is 0.226 e. The Morgan fingerprint density at radius 1 is 1.18 bits per heavy atom. The molecule has 0 spiro atoms. The van der Waals surface area contributed by atoms with Gasteiger partial charge in [-0.3, -0.25) is 0 Å². The fourth-order valence-corrected chi connectivity index (χ4v) is 3.20. The number of hydrogen-bond acceptors (Lipinski definition) is 5. The molecule has 3 aromatic rings. The van der Waals surface area contributed by atoms with Crippen molar-refractivity contribution >= 4 is 22.5 Å². The highest BCUT2D eigenvalue weighted by atomic mass is 16.3. The maximum atomic E-state index is 10.2. The first-order valence-corrected chi connectivity index (χ1v) is 7.79. The van der Waals surface area contributed by atoms with Gasteiger partial charge in [0.15, 0.2) is 5.65 Å². The molecule has 1 fully saturated rings. The molecule has 0 radical (unpaired) electrons. The number of nitrogens with zero attached hydrogens (tertiary/aromatic N) is 4. The van der Waals surface area contributed by atoms with Crippen molar-refractivity contribution in [1.82, 2.24) is 19.6 Å². The third-order valence-corrected chi connectivity index (χ3v) is 4.33. The Bertz CT molecular complexity index is 828. The molecule has 22 heavy (non-hydrogen) atoms. The van der Waals surface area contributed by atoms with E-state index in [0.717, 1.165) is 42.2 Å². The molecule has 0 amide bonds. The number of para-hydroxylation sites is 1. The topological polar surface area (TPSA) is 75.3 Å². The zero-order valence-electron chi connectivity index (χ0n) is 12.5. The van der Waals surface area contributed by atoms with Crippen LogP contribution in [0.25, 0.3) is 16.6 Å². The highest BCUT2D eigenvalue weighted by molar-refractivity contribution is 5.92. The van der Waals surface area contributed by atoms with Crippen LogP contribution in [0, 0.1) is 6.92 Å². The van der Waals surface area contributed by atoms with Crippen molar-refractivity contribution in [3.05, 3.63) is 30.1 Å². The van der Waals surface area contributed by atoms with Crippen molar-refractivity contribution in [2.75, 3.05) is 5.32 Å². The second kappa shape index (κ2) is 5.21. The normalized spacial score (nSPS) is 22.3. The third-order valence-electron chi connectivity index (χ3n) is 4.33. The SMILES string of the molecule is Cc1nc2c3ccccc3nc(NC3CCCCC3O)n2n1. The minimum atomic E-state index is -0.332. The van der Waals surface area contributed by atoms with Gasteiger partial charge in [0, 0.05) is 5.39 Å². The summed E-state index contributed by atoms with van der Waals surface area (Å²) in [6.07, 6.45) is 3.67. The summed E-state index contributed by atoms with van der Waals surface area (Å²) >= 11 is 0. The molecule has 2 N–H and O–H groups in total. The van der Waals surface area contributed by atoms with E-state index in [1.807, 2.05) is 31.2 Å². The monoisotopic (exact) mass is 297 g/mol. The number of aliphatic hydroxyl groups is 1. The van der Waals surface area contributed by atoms with Crippen LogP contribution in [0.2, 0.25) is 0 Å². The number of aryl methyl sites for hydroxylation is 1. The fraction of sp³-hybridized carbons (Fsp3) is 0.438. The Labute approximate surface area is 128 Å². The number of rotatable bonds is 2. The van der Waals surface area contributed by atoms with Crippen LogP contribution in [0.3, 0.4) is 0 Å². The van der Waals surface area contributed by atoms with Gasteiger partial charge in [-0.25, -0.2) is 9.97 Å². The number of aromatic nitrogens is 4. The van der Waals surface area contributed by atoms with Gasteiger partial charge in [0.25, 0.3) is 0 Å². The van der Waals surface area contributed by atoms with E-state index in [4.69, 9.17) is 0 Å². The Morgan fingerprint density at radius 3 is 2.86 bits per heavy atom. The lowest BCUT2D eigenvalue weighted by atomic mass is 9.93. The lowest BCUT2D eigenvalue weighted by Crippen LogP contribution is -2.37. The van der Waals surface area contributed by atoms with Crippen molar-refractivity contribution in [1.29, 1.82) is 0 Å². The summed E-state index contributed by atoms with van der Waals surface area (Å²) in [6.45, 7) is 1.88. The van der Waals surface area contributed by atoms with Crippen molar-refractivity contribution < 1.29 is 5.11 Å². The number of benzene rings is 1. The van der Waals surface area contributed by atoms with Crippen LogP contribution in [-0.2, 0) is 0 Å². The van der Waals surface area contributed by atoms with Gasteiger partial charge in [-0.1, -0.05) is 25.0 Å². The van der Waals surface area contributed by atoms with Gasteiger partial charge >= 0.3 is 0 Å². The van der Waals surface area contributed by atoms with E-state index < -0.39 is 0 Å². The Balaban J connectivity index is 1.84. The predicted octanol–water partition coefficient (Wildman–Crippen LogP) is 2.30. The molecular weight excluding hydrogens is 278 g/mol. The third kappa shape index (κ3) is 2.20. The summed E-state index contributed by atoms with van der Waals surface area (Å²) in [5, 5.41) is 19.0. The van der Waals surface area contributed by atoms with E-state index in [1.54, 1.807) is 4.52 Å². The lowest BCUT2D eigenvalue weighted by molar-refractivity contribution is 0.116. The Morgan fingerprint density at radius 2 is 2.00 bits per heavy atom. The van der Waals surface area contributed by atoms with Crippen molar-refractivity contribution in [3.8, 4) is 0 Å². The van der Waals surface area contributed by atoms with Gasteiger partial charge < -0.3 is 10.4 Å². The summed E-state index contributed by atoms with van der Waals surface area (Å²) in [5.41, 5.74) is 1.69. The van der Waals surface area contributed by atoms with E-state index in [1.165, 1.54) is 0 Å². The van der Waals surface area contributed by atoms with Crippen LogP contribution in [0.5, 0.6) is 0 Å². The summed E-state index contributed by atoms with van der Waals surface area (Å²) in [7, 11) is 0. The molecule has 2 aromatic heterocycles. The molecule has 1 saturated carbocycles. The molecule has 4 rings (SSSR count). The standard InChI is InChI=1S/C16H19N5O/c1-10-17-15-11-6-2-3-7-12(11)18-16(21(15)20-10)19-13-8-4-5-9-14(13)22/h2-3,6-7,13-14,22H,4-5,8-9H2,1H3,(H,18,19). The van der Waals surface area contributed by atoms with E-state index in [-0.39, 0.29) is 12.1 Å². The van der Waals surface area contributed by atoms with Gasteiger partial charge in [0.05, 0.1) is 17.7 Å². The zero-order chi connectivity index (χ0) is 15.1. The van der Waals surface area contributed by atoms with Gasteiger partial charge in [0.1, 0.15) is 5.82 Å². The van der Waals surface area contributed by atoms with Crippen LogP contribution in [0.4, 0.5) is 5.95 Å². The quantitative estimate of drug-likeness (QED) is 0.759. The number of anilines is 1. The Hall–Kier alpha value is -2.21. The van der Waals surface area contributed by atoms with Gasteiger partial charge in [0.2, 0.25) is 5.95 Å². The highest BCUT2D eigenvalue weighted by Gasteiger charge is 2.24. The average molecular weight is 297 g/mol. The molecular formula is C16H19N5O. The van der Waals surface area contributed by atoms with Crippen molar-refractivity contribution in [2.45, 2.75) is 44.8 Å². The van der Waals surface area contributed by atoms with Gasteiger partial charge in [-0.15, -0.1) is 5.10 Å². The lowest BCUT2D eigenvalue weighted by Gasteiger charge is -2.28. The minimum absolute atomic E-state index is 0.0233. The second-order valence-corrected chi connectivity index (χ2v) is 5.95. The molecule has 2 unspecified atom stereocenters. The van der Waals surface area contributed by atoms with E-state index >= 15 is 0 Å². The predicted molar refractivity (Wildman–Crippen MR) is 84.9 cm³/mol.